The van der Waals surface area contributed by atoms with E-state index in [1.54, 1.807) is 24.3 Å². The lowest BCUT2D eigenvalue weighted by Crippen LogP contribution is -2.29. The number of nitroso groups, excluding NO2 is 1. The lowest BCUT2D eigenvalue weighted by atomic mass is 10.1. The van der Waals surface area contributed by atoms with E-state index in [2.05, 4.69) is 33.3 Å². The van der Waals surface area contributed by atoms with E-state index in [1.165, 1.54) is 6.42 Å². The number of carbonyl (C=O) groups is 1. The van der Waals surface area contributed by atoms with Crippen LogP contribution in [-0.2, 0) is 16.1 Å². The molecule has 0 fully saturated rings. The van der Waals surface area contributed by atoms with Crippen molar-refractivity contribution in [2.24, 2.45) is 5.18 Å². The van der Waals surface area contributed by atoms with Crippen LogP contribution in [0.2, 0.25) is 0 Å². The molecule has 3 N–H and O–H groups in total. The third-order valence-corrected chi connectivity index (χ3v) is 6.51. The van der Waals surface area contributed by atoms with Crippen LogP contribution in [0.3, 0.4) is 0 Å². The van der Waals surface area contributed by atoms with Gasteiger partial charge in [0.25, 0.3) is 0 Å². The van der Waals surface area contributed by atoms with E-state index in [0.717, 1.165) is 30.4 Å². The Morgan fingerprint density at radius 3 is 2.42 bits per heavy atom. The molecule has 8 heteroatoms. The predicted molar refractivity (Wildman–Crippen MR) is 130 cm³/mol. The van der Waals surface area contributed by atoms with Crippen LogP contribution in [0.15, 0.2) is 52.5 Å². The van der Waals surface area contributed by atoms with Crippen molar-refractivity contribution in [3.05, 3.63) is 58.5 Å². The van der Waals surface area contributed by atoms with Gasteiger partial charge in [0, 0.05) is 22.8 Å². The van der Waals surface area contributed by atoms with Gasteiger partial charge < -0.3 is 15.4 Å². The normalized spacial score (nSPS) is 12.6. The molecule has 31 heavy (non-hydrogen) atoms. The highest BCUT2D eigenvalue weighted by Gasteiger charge is 2.10. The van der Waals surface area contributed by atoms with Crippen molar-refractivity contribution < 1.29 is 9.00 Å². The van der Waals surface area contributed by atoms with Crippen LogP contribution in [-0.4, -0.2) is 29.2 Å². The first-order valence-electron chi connectivity index (χ1n) is 10.5. The van der Waals surface area contributed by atoms with Crippen molar-refractivity contribution in [1.29, 1.82) is 0 Å². The minimum atomic E-state index is -2.78. The summed E-state index contributed by atoms with van der Waals surface area (Å²) in [4.78, 5) is 22.8. The number of hydrogen-bond donors (Lipinski definition) is 3. The van der Waals surface area contributed by atoms with Crippen molar-refractivity contribution in [1.82, 2.24) is 5.32 Å². The number of nitrogens with zero attached hydrogens (tertiary/aromatic N) is 1. The molecule has 0 spiro atoms. The lowest BCUT2D eigenvalue weighted by molar-refractivity contribution is 0.252. The van der Waals surface area contributed by atoms with Crippen LogP contribution in [0.5, 0.6) is 0 Å². The molecule has 7 nitrogen and oxygen atoms in total. The van der Waals surface area contributed by atoms with Gasteiger partial charge in [-0.3, -0.25) is 0 Å². The van der Waals surface area contributed by atoms with Crippen molar-refractivity contribution in [3.8, 4) is 0 Å². The molecule has 1 atom stereocenters. The van der Waals surface area contributed by atoms with E-state index in [1.807, 2.05) is 25.1 Å². The Bertz CT molecular complexity index is 973. The number of aryl methyl sites for hydroxylation is 1. The van der Waals surface area contributed by atoms with Gasteiger partial charge >= 0.3 is 6.03 Å². The topological polar surface area (TPSA) is 99.7 Å². The number of benzene rings is 2. The van der Waals surface area contributed by atoms with Gasteiger partial charge in [-0.2, -0.15) is 4.91 Å². The molecule has 0 aliphatic carbocycles. The molecule has 2 amide bonds. The van der Waals surface area contributed by atoms with Gasteiger partial charge in [0.05, 0.1) is 16.3 Å². The van der Waals surface area contributed by atoms with Crippen LogP contribution in [0.25, 0.3) is 0 Å². The number of rotatable bonds is 12. The Kier molecular flexibility index (Phi) is 9.52. The molecular weight excluding hydrogens is 412 g/mol. The number of unbranched alkanes of at least 4 members (excludes halogenated alkanes) is 3. The Hall–Kier alpha value is -2.87. The van der Waals surface area contributed by atoms with Crippen molar-refractivity contribution >= 4 is 33.0 Å². The number of amides is 2. The summed E-state index contributed by atoms with van der Waals surface area (Å²) in [5.74, 6) is 3.85. The standard InChI is InChI=1S/C23H32N4O3S/c1-4-5-6-7-15-24-23(28)26-20-10-12-22(13-11-20)31(3,30)27-21-9-8-19(14-16-25-29)18(2)17-21/h8-13,17H,3-7,14-16H2,1-2H3,(H,27,30)(H2,24,26,28). The van der Waals surface area contributed by atoms with Crippen LogP contribution in [0, 0.1) is 11.8 Å². The molecule has 0 saturated carbocycles. The van der Waals surface area contributed by atoms with Crippen LogP contribution in [0.4, 0.5) is 16.2 Å². The molecule has 1 unspecified atom stereocenters. The Morgan fingerprint density at radius 1 is 1.06 bits per heavy atom. The highest BCUT2D eigenvalue weighted by atomic mass is 32.2. The second-order valence-electron chi connectivity index (χ2n) is 7.49. The maximum atomic E-state index is 13.1. The van der Waals surface area contributed by atoms with Gasteiger partial charge in [-0.05, 0) is 73.2 Å². The third kappa shape index (κ3) is 8.05. The molecule has 0 bridgehead atoms. The third-order valence-electron chi connectivity index (χ3n) is 4.91. The molecule has 2 aromatic rings. The van der Waals surface area contributed by atoms with E-state index >= 15 is 0 Å². The Balaban J connectivity index is 1.94. The largest absolute Gasteiger partial charge is 0.338 e. The summed E-state index contributed by atoms with van der Waals surface area (Å²) in [6.45, 7) is 4.96. The molecular formula is C23H32N4O3S. The summed E-state index contributed by atoms with van der Waals surface area (Å²) in [5.41, 5.74) is 3.32. The number of urea groups is 1. The molecule has 0 aliphatic heterocycles. The zero-order valence-electron chi connectivity index (χ0n) is 18.3. The monoisotopic (exact) mass is 444 g/mol. The zero-order valence-corrected chi connectivity index (χ0v) is 19.1. The predicted octanol–water partition coefficient (Wildman–Crippen LogP) is 5.11. The number of carbonyl (C=O) groups excluding carboxylic acids is 1. The van der Waals surface area contributed by atoms with Crippen molar-refractivity contribution in [2.75, 3.05) is 23.1 Å². The van der Waals surface area contributed by atoms with E-state index in [4.69, 9.17) is 0 Å². The second kappa shape index (κ2) is 12.1. The van der Waals surface area contributed by atoms with Gasteiger partial charge in [0.2, 0.25) is 0 Å². The van der Waals surface area contributed by atoms with E-state index in [0.29, 0.717) is 29.2 Å². The maximum absolute atomic E-state index is 13.1. The summed E-state index contributed by atoms with van der Waals surface area (Å²) in [5, 5.41) is 8.51. The molecule has 168 valence electrons. The molecule has 2 rings (SSSR count). The highest BCUT2D eigenvalue weighted by molar-refractivity contribution is 8.01. The molecule has 2 aromatic carbocycles. The average Bonchev–Trinajstić information content (AvgIpc) is 2.73. The van der Waals surface area contributed by atoms with Crippen molar-refractivity contribution in [3.63, 3.8) is 0 Å². The van der Waals surface area contributed by atoms with E-state index in [-0.39, 0.29) is 12.6 Å². The summed E-state index contributed by atoms with van der Waals surface area (Å²) >= 11 is 0. The first kappa shape index (κ1) is 24.4. The maximum Gasteiger partial charge on any atom is 0.319 e. The number of hydrogen-bond acceptors (Lipinski definition) is 4. The fourth-order valence-corrected chi connectivity index (χ4v) is 4.34. The minimum Gasteiger partial charge on any atom is -0.338 e. The average molecular weight is 445 g/mol. The van der Waals surface area contributed by atoms with Crippen LogP contribution < -0.4 is 15.4 Å². The first-order valence-corrected chi connectivity index (χ1v) is 12.3. The summed E-state index contributed by atoms with van der Waals surface area (Å²) in [6, 6.07) is 12.1. The van der Waals surface area contributed by atoms with Crippen LogP contribution in [0.1, 0.15) is 43.7 Å². The molecule has 0 saturated heterocycles. The van der Waals surface area contributed by atoms with Gasteiger partial charge in [-0.15, -0.1) is 0 Å². The summed E-state index contributed by atoms with van der Waals surface area (Å²) < 4.78 is 16.1. The fraction of sp³-hybridized carbons (Fsp3) is 0.391. The van der Waals surface area contributed by atoms with Gasteiger partial charge in [0.15, 0.2) is 0 Å². The Labute approximate surface area is 185 Å². The van der Waals surface area contributed by atoms with Crippen molar-refractivity contribution in [2.45, 2.75) is 50.8 Å². The van der Waals surface area contributed by atoms with E-state index in [9.17, 15) is 13.9 Å². The van der Waals surface area contributed by atoms with Gasteiger partial charge in [-0.1, -0.05) is 37.4 Å². The SMILES string of the molecule is C=S(=O)(Nc1ccc(CCN=O)c(C)c1)c1ccc(NC(=O)NCCCCCC)cc1. The summed E-state index contributed by atoms with van der Waals surface area (Å²) in [6.07, 6.45) is 4.98. The zero-order chi connectivity index (χ0) is 22.7. The molecule has 0 aromatic heterocycles. The summed E-state index contributed by atoms with van der Waals surface area (Å²) in [7, 11) is -2.78. The smallest absolute Gasteiger partial charge is 0.319 e. The molecule has 0 heterocycles. The first-order chi connectivity index (χ1) is 14.9. The Morgan fingerprint density at radius 2 is 1.77 bits per heavy atom. The van der Waals surface area contributed by atoms with Gasteiger partial charge in [-0.25, -0.2) is 9.00 Å². The van der Waals surface area contributed by atoms with Gasteiger partial charge in [0.1, 0.15) is 0 Å². The number of nitrogens with one attached hydrogen (secondary N) is 3. The molecule has 0 aliphatic rings. The minimum absolute atomic E-state index is 0.233. The second-order valence-corrected chi connectivity index (χ2v) is 9.51. The van der Waals surface area contributed by atoms with Crippen LogP contribution >= 0.6 is 0 Å². The number of anilines is 2. The quantitative estimate of drug-likeness (QED) is 0.241. The highest BCUT2D eigenvalue weighted by Crippen LogP contribution is 2.21. The molecule has 0 radical (unpaired) electrons. The van der Waals surface area contributed by atoms with E-state index < -0.39 is 9.71 Å². The fourth-order valence-electron chi connectivity index (χ4n) is 3.14. The lowest BCUT2D eigenvalue weighted by Gasteiger charge is -2.15.